The summed E-state index contributed by atoms with van der Waals surface area (Å²) in [4.78, 5) is 11.8. The van der Waals surface area contributed by atoms with E-state index >= 15 is 0 Å². The molecule has 1 aromatic carbocycles. The topological polar surface area (TPSA) is 64.4 Å². The van der Waals surface area contributed by atoms with Gasteiger partial charge in [0.15, 0.2) is 0 Å². The molecule has 1 aliphatic carbocycles. The molecule has 2 rings (SSSR count). The molecule has 116 valence electrons. The van der Waals surface area contributed by atoms with Gasteiger partial charge in [-0.3, -0.25) is 4.79 Å². The fraction of sp³-hybridized carbons (Fsp3) is 0.588. The second kappa shape index (κ2) is 7.46. The van der Waals surface area contributed by atoms with E-state index in [4.69, 9.17) is 10.5 Å². The Morgan fingerprint density at radius 3 is 2.90 bits per heavy atom. The lowest BCUT2D eigenvalue weighted by atomic mass is 10.1. The molecule has 4 nitrogen and oxygen atoms in total. The van der Waals surface area contributed by atoms with Gasteiger partial charge in [0.05, 0.1) is 6.61 Å². The van der Waals surface area contributed by atoms with Crippen LogP contribution in [0.4, 0.5) is 0 Å². The zero-order valence-corrected chi connectivity index (χ0v) is 13.0. The van der Waals surface area contributed by atoms with E-state index in [0.29, 0.717) is 19.4 Å². The third-order valence-electron chi connectivity index (χ3n) is 3.70. The summed E-state index contributed by atoms with van der Waals surface area (Å²) in [6.07, 6.45) is 3.73. The summed E-state index contributed by atoms with van der Waals surface area (Å²) in [7, 11) is 0. The maximum Gasteiger partial charge on any atom is 0.220 e. The molecule has 0 heterocycles. The summed E-state index contributed by atoms with van der Waals surface area (Å²) in [6.45, 7) is 5.26. The van der Waals surface area contributed by atoms with Crippen molar-refractivity contribution in [3.63, 3.8) is 0 Å². The molecule has 1 fully saturated rings. The summed E-state index contributed by atoms with van der Waals surface area (Å²) >= 11 is 0. The quantitative estimate of drug-likeness (QED) is 0.773. The fourth-order valence-electron chi connectivity index (χ4n) is 2.08. The van der Waals surface area contributed by atoms with E-state index in [-0.39, 0.29) is 11.9 Å². The summed E-state index contributed by atoms with van der Waals surface area (Å²) in [5.74, 6) is 1.66. The van der Waals surface area contributed by atoms with E-state index in [1.54, 1.807) is 0 Å². The highest BCUT2D eigenvalue weighted by atomic mass is 16.5. The molecule has 0 aliphatic heterocycles. The van der Waals surface area contributed by atoms with Crippen LogP contribution in [0.2, 0.25) is 0 Å². The molecule has 1 aliphatic rings. The smallest absolute Gasteiger partial charge is 0.220 e. The Balaban J connectivity index is 1.87. The molecule has 1 amide bonds. The second-order valence-corrected chi connectivity index (χ2v) is 6.16. The predicted molar refractivity (Wildman–Crippen MR) is 84.1 cm³/mol. The molecule has 0 radical (unpaired) electrons. The Hall–Kier alpha value is -1.55. The maximum absolute atomic E-state index is 11.8. The van der Waals surface area contributed by atoms with Crippen LogP contribution in [0.25, 0.3) is 0 Å². The van der Waals surface area contributed by atoms with Crippen LogP contribution in [0, 0.1) is 12.8 Å². The molecule has 3 N–H and O–H groups in total. The number of nitrogens with two attached hydrogens (primary N) is 1. The maximum atomic E-state index is 11.8. The van der Waals surface area contributed by atoms with Gasteiger partial charge >= 0.3 is 0 Å². The summed E-state index contributed by atoms with van der Waals surface area (Å²) in [6, 6.07) is 6.19. The van der Waals surface area contributed by atoms with Crippen LogP contribution in [0.15, 0.2) is 18.2 Å². The standard InChI is InChI=1S/C17H26N2O2/c1-12-3-7-15(10-19-17(20)8-4-13(2)18)16(9-12)21-11-14-5-6-14/h3,7,9,13-14H,4-6,8,10-11,18H2,1-2H3,(H,19,20). The number of carbonyl (C=O) groups excluding carboxylic acids is 1. The first kappa shape index (κ1) is 15.8. The van der Waals surface area contributed by atoms with E-state index in [9.17, 15) is 4.79 Å². The molecule has 1 unspecified atom stereocenters. The Morgan fingerprint density at radius 2 is 2.24 bits per heavy atom. The number of nitrogens with one attached hydrogen (secondary N) is 1. The van der Waals surface area contributed by atoms with Gasteiger partial charge < -0.3 is 15.8 Å². The molecular formula is C17H26N2O2. The molecule has 0 saturated heterocycles. The molecular weight excluding hydrogens is 264 g/mol. The number of aryl methyl sites for hydroxylation is 1. The molecule has 1 aromatic rings. The van der Waals surface area contributed by atoms with Gasteiger partial charge in [-0.25, -0.2) is 0 Å². The summed E-state index contributed by atoms with van der Waals surface area (Å²) in [5.41, 5.74) is 7.87. The van der Waals surface area contributed by atoms with Gasteiger partial charge in [0.2, 0.25) is 5.91 Å². The lowest BCUT2D eigenvalue weighted by Crippen LogP contribution is -2.25. The second-order valence-electron chi connectivity index (χ2n) is 6.16. The minimum absolute atomic E-state index is 0.0426. The summed E-state index contributed by atoms with van der Waals surface area (Å²) in [5, 5.41) is 2.94. The lowest BCUT2D eigenvalue weighted by molar-refractivity contribution is -0.121. The molecule has 0 aromatic heterocycles. The third kappa shape index (κ3) is 5.76. The molecule has 0 bridgehead atoms. The lowest BCUT2D eigenvalue weighted by Gasteiger charge is -2.13. The van der Waals surface area contributed by atoms with Crippen LogP contribution in [0.1, 0.15) is 43.7 Å². The van der Waals surface area contributed by atoms with Crippen molar-refractivity contribution >= 4 is 5.91 Å². The Kier molecular flexibility index (Phi) is 5.62. The van der Waals surface area contributed by atoms with Crippen molar-refractivity contribution in [3.05, 3.63) is 29.3 Å². The van der Waals surface area contributed by atoms with E-state index in [0.717, 1.165) is 23.8 Å². The monoisotopic (exact) mass is 290 g/mol. The number of hydrogen-bond acceptors (Lipinski definition) is 3. The molecule has 21 heavy (non-hydrogen) atoms. The number of benzene rings is 1. The van der Waals surface area contributed by atoms with Gasteiger partial charge in [-0.2, -0.15) is 0 Å². The Bertz CT molecular complexity index is 482. The van der Waals surface area contributed by atoms with Crippen LogP contribution in [0.3, 0.4) is 0 Å². The van der Waals surface area contributed by atoms with Gasteiger partial charge in [0, 0.05) is 24.6 Å². The molecule has 4 heteroatoms. The van der Waals surface area contributed by atoms with Crippen LogP contribution in [-0.4, -0.2) is 18.6 Å². The molecule has 1 atom stereocenters. The van der Waals surface area contributed by atoms with Crippen molar-refractivity contribution in [2.24, 2.45) is 11.7 Å². The fourth-order valence-corrected chi connectivity index (χ4v) is 2.08. The minimum atomic E-state index is 0.0426. The number of carbonyl (C=O) groups is 1. The first-order chi connectivity index (χ1) is 10.0. The van der Waals surface area contributed by atoms with E-state index in [2.05, 4.69) is 12.2 Å². The minimum Gasteiger partial charge on any atom is -0.493 e. The zero-order chi connectivity index (χ0) is 15.2. The highest BCUT2D eigenvalue weighted by molar-refractivity contribution is 5.75. The van der Waals surface area contributed by atoms with Crippen molar-refractivity contribution in [2.45, 2.75) is 52.1 Å². The van der Waals surface area contributed by atoms with Crippen molar-refractivity contribution in [1.29, 1.82) is 0 Å². The van der Waals surface area contributed by atoms with E-state index in [1.165, 1.54) is 18.4 Å². The van der Waals surface area contributed by atoms with Gasteiger partial charge in [-0.1, -0.05) is 12.1 Å². The Labute approximate surface area is 127 Å². The number of ether oxygens (including phenoxy) is 1. The highest BCUT2D eigenvalue weighted by Gasteiger charge is 2.22. The SMILES string of the molecule is Cc1ccc(CNC(=O)CCC(C)N)c(OCC2CC2)c1. The van der Waals surface area contributed by atoms with Crippen LogP contribution < -0.4 is 15.8 Å². The van der Waals surface area contributed by atoms with Crippen molar-refractivity contribution in [1.82, 2.24) is 5.32 Å². The van der Waals surface area contributed by atoms with Crippen molar-refractivity contribution < 1.29 is 9.53 Å². The van der Waals surface area contributed by atoms with Crippen LogP contribution in [0.5, 0.6) is 5.75 Å². The Morgan fingerprint density at radius 1 is 1.48 bits per heavy atom. The van der Waals surface area contributed by atoms with Gasteiger partial charge in [0.25, 0.3) is 0 Å². The average Bonchev–Trinajstić information content (AvgIpc) is 3.26. The first-order valence-electron chi connectivity index (χ1n) is 7.79. The average molecular weight is 290 g/mol. The van der Waals surface area contributed by atoms with Crippen molar-refractivity contribution in [2.75, 3.05) is 6.61 Å². The molecule has 0 spiro atoms. The predicted octanol–water partition coefficient (Wildman–Crippen LogP) is 2.53. The van der Waals surface area contributed by atoms with Crippen LogP contribution >= 0.6 is 0 Å². The third-order valence-corrected chi connectivity index (χ3v) is 3.70. The highest BCUT2D eigenvalue weighted by Crippen LogP contribution is 2.30. The number of hydrogen-bond donors (Lipinski definition) is 2. The zero-order valence-electron chi connectivity index (χ0n) is 13.0. The molecule has 1 saturated carbocycles. The van der Waals surface area contributed by atoms with E-state index < -0.39 is 0 Å². The largest absolute Gasteiger partial charge is 0.493 e. The normalized spacial score (nSPS) is 15.6. The van der Waals surface area contributed by atoms with Gasteiger partial charge in [-0.15, -0.1) is 0 Å². The van der Waals surface area contributed by atoms with Crippen LogP contribution in [-0.2, 0) is 11.3 Å². The first-order valence-corrected chi connectivity index (χ1v) is 7.79. The van der Waals surface area contributed by atoms with Crippen molar-refractivity contribution in [3.8, 4) is 5.75 Å². The number of rotatable bonds is 8. The van der Waals surface area contributed by atoms with Gasteiger partial charge in [0.1, 0.15) is 5.75 Å². The number of amides is 1. The van der Waals surface area contributed by atoms with E-state index in [1.807, 2.05) is 25.1 Å². The van der Waals surface area contributed by atoms with Gasteiger partial charge in [-0.05, 0) is 50.7 Å². The summed E-state index contributed by atoms with van der Waals surface area (Å²) < 4.78 is 5.90.